The number of nitrogens with one attached hydrogen (secondary N) is 1. The van der Waals surface area contributed by atoms with Crippen molar-refractivity contribution in [3.05, 3.63) is 65.5 Å². The van der Waals surface area contributed by atoms with E-state index in [-0.39, 0.29) is 24.5 Å². The average molecular weight is 509 g/mol. The maximum atomic E-state index is 12.5. The van der Waals surface area contributed by atoms with Crippen LogP contribution in [0.1, 0.15) is 93.5 Å². The second-order valence-corrected chi connectivity index (χ2v) is 9.34. The summed E-state index contributed by atoms with van der Waals surface area (Å²) in [5.74, 6) is -0.528. The van der Waals surface area contributed by atoms with Gasteiger partial charge in [0.15, 0.2) is 0 Å². The Morgan fingerprint density at radius 3 is 2.17 bits per heavy atom. The number of carboxylic acid groups (broad SMARTS) is 1. The van der Waals surface area contributed by atoms with E-state index in [9.17, 15) is 23.1 Å². The molecule has 0 unspecified atom stereocenters. The van der Waals surface area contributed by atoms with Gasteiger partial charge in [-0.15, -0.1) is 0 Å². The smallest absolute Gasteiger partial charge is 0.433 e. The molecule has 0 bridgehead atoms. The number of unbranched alkanes of at least 4 members (excludes halogenated alkanes) is 7. The average Bonchev–Trinajstić information content (AvgIpc) is 3.68. The molecule has 3 atom stereocenters. The van der Waals surface area contributed by atoms with Gasteiger partial charge < -0.3 is 15.5 Å². The van der Waals surface area contributed by atoms with Gasteiger partial charge in [0.25, 0.3) is 0 Å². The Kier molecular flexibility index (Phi) is 12.9. The summed E-state index contributed by atoms with van der Waals surface area (Å²) >= 11 is 0. The van der Waals surface area contributed by atoms with Crippen molar-refractivity contribution in [1.29, 1.82) is 0 Å². The molecule has 200 valence electrons. The molecule has 1 aliphatic rings. The number of halogens is 3. The van der Waals surface area contributed by atoms with E-state index in [0.717, 1.165) is 37.4 Å². The molecular formula is C28H39F3N2O3. The molecule has 0 radical (unpaired) electrons. The highest BCUT2D eigenvalue weighted by molar-refractivity contribution is 5.75. The van der Waals surface area contributed by atoms with Gasteiger partial charge in [-0.2, -0.15) is 13.2 Å². The number of aliphatic hydroxyl groups excluding tert-OH is 1. The number of carboxylic acids is 1. The van der Waals surface area contributed by atoms with Gasteiger partial charge in [-0.3, -0.25) is 9.78 Å². The van der Waals surface area contributed by atoms with Gasteiger partial charge in [-0.1, -0.05) is 88.3 Å². The van der Waals surface area contributed by atoms with Crippen LogP contribution in [0.25, 0.3) is 0 Å². The van der Waals surface area contributed by atoms with Gasteiger partial charge in [0.05, 0.1) is 18.6 Å². The number of aliphatic carboxylic acids is 1. The first-order valence-electron chi connectivity index (χ1n) is 12.9. The highest BCUT2D eigenvalue weighted by Crippen LogP contribution is 2.47. The maximum Gasteiger partial charge on any atom is 0.433 e. The topological polar surface area (TPSA) is 82.5 Å². The lowest BCUT2D eigenvalue weighted by Crippen LogP contribution is -2.25. The number of aromatic nitrogens is 1. The van der Waals surface area contributed by atoms with Crippen LogP contribution in [0.2, 0.25) is 0 Å². The molecule has 0 spiro atoms. The predicted octanol–water partition coefficient (Wildman–Crippen LogP) is 6.74. The second-order valence-electron chi connectivity index (χ2n) is 9.34. The maximum absolute atomic E-state index is 12.5. The van der Waals surface area contributed by atoms with Gasteiger partial charge in [0.2, 0.25) is 0 Å². The molecule has 8 heteroatoms. The fourth-order valence-electron chi connectivity index (χ4n) is 4.14. The standard InChI is InChI=1S/C18H29F3N2O.C10H10O2/c1-2-3-4-5-6-7-8-9-12-22-16(14-24)15-10-11-17(23-13-15)18(19,20)21;11-10(12)9-6-8(9)7-4-2-1-3-5-7/h10-11,13,16,22,24H,2-9,12,14H2,1H3;1-5,8-9H,6H2,(H,11,12)/t16-;8-,9+/m01/s1. The van der Waals surface area contributed by atoms with Crippen LogP contribution in [0.5, 0.6) is 0 Å². The summed E-state index contributed by atoms with van der Waals surface area (Å²) in [6.07, 6.45) is 7.30. The summed E-state index contributed by atoms with van der Waals surface area (Å²) < 4.78 is 37.5. The Bertz CT molecular complexity index is 876. The minimum absolute atomic E-state index is 0.132. The zero-order chi connectivity index (χ0) is 26.4. The molecule has 0 saturated heterocycles. The van der Waals surface area contributed by atoms with Crippen LogP contribution in [-0.4, -0.2) is 34.3 Å². The van der Waals surface area contributed by atoms with Gasteiger partial charge in [-0.05, 0) is 42.5 Å². The first-order chi connectivity index (χ1) is 17.3. The zero-order valence-electron chi connectivity index (χ0n) is 21.0. The molecule has 1 heterocycles. The second kappa shape index (κ2) is 15.6. The fourth-order valence-corrected chi connectivity index (χ4v) is 4.14. The number of hydrogen-bond donors (Lipinski definition) is 3. The van der Waals surface area contributed by atoms with Crippen LogP contribution >= 0.6 is 0 Å². The van der Waals surface area contributed by atoms with E-state index in [1.54, 1.807) is 0 Å². The highest BCUT2D eigenvalue weighted by Gasteiger charge is 2.43. The van der Waals surface area contributed by atoms with Crippen LogP contribution in [0, 0.1) is 5.92 Å². The first-order valence-corrected chi connectivity index (χ1v) is 12.9. The Morgan fingerprint density at radius 2 is 1.67 bits per heavy atom. The Hall–Kier alpha value is -2.45. The van der Waals surface area contributed by atoms with Gasteiger partial charge in [0, 0.05) is 6.20 Å². The zero-order valence-corrected chi connectivity index (χ0v) is 21.0. The van der Waals surface area contributed by atoms with Gasteiger partial charge in [0.1, 0.15) is 5.69 Å². The number of alkyl halides is 3. The number of pyridine rings is 1. The van der Waals surface area contributed by atoms with Crippen molar-refractivity contribution >= 4 is 5.97 Å². The number of hydrogen-bond acceptors (Lipinski definition) is 4. The SMILES string of the molecule is CCCCCCCCCCN[C@@H](CO)c1ccc(C(F)(F)F)nc1.O=C(O)[C@H]1C[C@@H]1c1ccccc1. The number of rotatable bonds is 14. The molecule has 5 nitrogen and oxygen atoms in total. The van der Waals surface area contributed by atoms with Crippen molar-refractivity contribution in [3.8, 4) is 0 Å². The van der Waals surface area contributed by atoms with Crippen molar-refractivity contribution in [2.75, 3.05) is 13.2 Å². The van der Waals surface area contributed by atoms with Gasteiger partial charge in [-0.25, -0.2) is 0 Å². The molecular weight excluding hydrogens is 469 g/mol. The molecule has 1 fully saturated rings. The van der Waals surface area contributed by atoms with E-state index < -0.39 is 17.8 Å². The molecule has 1 aromatic heterocycles. The lowest BCUT2D eigenvalue weighted by Gasteiger charge is -2.17. The third-order valence-corrected chi connectivity index (χ3v) is 6.42. The van der Waals surface area contributed by atoms with Crippen LogP contribution in [-0.2, 0) is 11.0 Å². The van der Waals surface area contributed by atoms with E-state index in [0.29, 0.717) is 5.56 Å². The van der Waals surface area contributed by atoms with Crippen molar-refractivity contribution in [1.82, 2.24) is 10.3 Å². The quantitative estimate of drug-likeness (QED) is 0.246. The number of aliphatic hydroxyl groups is 1. The summed E-state index contributed by atoms with van der Waals surface area (Å²) in [6.45, 7) is 2.78. The van der Waals surface area contributed by atoms with Crippen LogP contribution in [0.4, 0.5) is 13.2 Å². The van der Waals surface area contributed by atoms with Crippen molar-refractivity contribution in [3.63, 3.8) is 0 Å². The normalized spacial score (nSPS) is 17.7. The van der Waals surface area contributed by atoms with E-state index in [1.165, 1.54) is 50.8 Å². The number of carbonyl (C=O) groups is 1. The van der Waals surface area contributed by atoms with E-state index in [2.05, 4.69) is 17.2 Å². The molecule has 3 N–H and O–H groups in total. The largest absolute Gasteiger partial charge is 0.481 e. The predicted molar refractivity (Wildman–Crippen MR) is 135 cm³/mol. The van der Waals surface area contributed by atoms with E-state index >= 15 is 0 Å². The van der Waals surface area contributed by atoms with E-state index in [4.69, 9.17) is 5.11 Å². The molecule has 1 aliphatic carbocycles. The minimum atomic E-state index is -4.43. The Morgan fingerprint density at radius 1 is 1.03 bits per heavy atom. The third-order valence-electron chi connectivity index (χ3n) is 6.42. The molecule has 1 aromatic carbocycles. The number of benzene rings is 1. The van der Waals surface area contributed by atoms with E-state index in [1.807, 2.05) is 30.3 Å². The number of nitrogens with zero attached hydrogens (tertiary/aromatic N) is 1. The summed E-state index contributed by atoms with van der Waals surface area (Å²) in [5.41, 5.74) is 0.820. The van der Waals surface area contributed by atoms with Crippen molar-refractivity contribution in [2.24, 2.45) is 5.92 Å². The molecule has 1 saturated carbocycles. The molecule has 0 amide bonds. The Balaban J connectivity index is 0.000000313. The summed E-state index contributed by atoms with van der Waals surface area (Å²) in [4.78, 5) is 14.0. The third kappa shape index (κ3) is 10.7. The molecule has 36 heavy (non-hydrogen) atoms. The molecule has 3 rings (SSSR count). The summed E-state index contributed by atoms with van der Waals surface area (Å²) in [6, 6.07) is 11.8. The minimum Gasteiger partial charge on any atom is -0.481 e. The van der Waals surface area contributed by atoms with Crippen LogP contribution < -0.4 is 5.32 Å². The highest BCUT2D eigenvalue weighted by atomic mass is 19.4. The lowest BCUT2D eigenvalue weighted by atomic mass is 10.1. The lowest BCUT2D eigenvalue weighted by molar-refractivity contribution is -0.141. The van der Waals surface area contributed by atoms with Crippen molar-refractivity contribution in [2.45, 2.75) is 82.8 Å². The van der Waals surface area contributed by atoms with Crippen LogP contribution in [0.15, 0.2) is 48.7 Å². The molecule has 0 aliphatic heterocycles. The monoisotopic (exact) mass is 508 g/mol. The summed E-state index contributed by atoms with van der Waals surface area (Å²) in [5, 5.41) is 21.3. The summed E-state index contributed by atoms with van der Waals surface area (Å²) in [7, 11) is 0. The Labute approximate surface area is 212 Å². The van der Waals surface area contributed by atoms with Crippen molar-refractivity contribution < 1.29 is 28.2 Å². The fraction of sp³-hybridized carbons (Fsp3) is 0.571. The molecule has 2 aromatic rings. The van der Waals surface area contributed by atoms with Crippen LogP contribution in [0.3, 0.4) is 0 Å². The van der Waals surface area contributed by atoms with Gasteiger partial charge >= 0.3 is 12.1 Å². The first kappa shape index (κ1) is 29.8.